The van der Waals surface area contributed by atoms with E-state index in [-0.39, 0.29) is 17.7 Å². The number of piperidine rings is 1. The molecule has 9 heteroatoms. The topological polar surface area (TPSA) is 70.2 Å². The van der Waals surface area contributed by atoms with Crippen molar-refractivity contribution in [3.63, 3.8) is 0 Å². The highest BCUT2D eigenvalue weighted by atomic mass is 19.1. The summed E-state index contributed by atoms with van der Waals surface area (Å²) in [5.74, 6) is -1.57. The highest BCUT2D eigenvalue weighted by Crippen LogP contribution is 2.47. The largest absolute Gasteiger partial charge is 0.342 e. The maximum Gasteiger partial charge on any atom is 0.257 e. The van der Waals surface area contributed by atoms with Crippen LogP contribution in [0.1, 0.15) is 60.5 Å². The quantitative estimate of drug-likeness (QED) is 0.650. The summed E-state index contributed by atoms with van der Waals surface area (Å²) in [5, 5.41) is 0. The average Bonchev–Trinajstić information content (AvgIpc) is 3.55. The first-order valence-electron chi connectivity index (χ1n) is 12.5. The molecule has 2 aromatic rings. The van der Waals surface area contributed by atoms with E-state index in [1.54, 1.807) is 32.9 Å². The van der Waals surface area contributed by atoms with Crippen LogP contribution in [0, 0.1) is 11.6 Å². The van der Waals surface area contributed by atoms with Crippen LogP contribution in [-0.2, 0) is 14.3 Å². The van der Waals surface area contributed by atoms with Gasteiger partial charge in [-0.05, 0) is 55.2 Å². The van der Waals surface area contributed by atoms with Crippen LogP contribution in [0.15, 0.2) is 42.5 Å². The summed E-state index contributed by atoms with van der Waals surface area (Å²) >= 11 is 0. The van der Waals surface area contributed by atoms with Gasteiger partial charge in [-0.1, -0.05) is 6.07 Å². The van der Waals surface area contributed by atoms with Crippen molar-refractivity contribution in [2.45, 2.75) is 56.4 Å². The predicted molar refractivity (Wildman–Crippen MR) is 126 cm³/mol. The highest BCUT2D eigenvalue weighted by molar-refractivity contribution is 5.99. The second-order valence-corrected chi connectivity index (χ2v) is 10.1. The van der Waals surface area contributed by atoms with Gasteiger partial charge in [0, 0.05) is 56.2 Å². The molecule has 0 unspecified atom stereocenters. The number of ether oxygens (including phenoxy) is 1. The van der Waals surface area contributed by atoms with Crippen LogP contribution in [0.5, 0.6) is 0 Å². The Kier molecular flexibility index (Phi) is 5.55. The van der Waals surface area contributed by atoms with E-state index in [1.807, 2.05) is 6.07 Å². The van der Waals surface area contributed by atoms with Crippen molar-refractivity contribution in [3.05, 3.63) is 65.2 Å². The van der Waals surface area contributed by atoms with Crippen LogP contribution in [-0.4, -0.2) is 59.0 Å². The fraction of sp³-hybridized carbons (Fsp3) is 0.444. The van der Waals surface area contributed by atoms with Gasteiger partial charge < -0.3 is 19.4 Å². The summed E-state index contributed by atoms with van der Waals surface area (Å²) in [6.45, 7) is 1.37. The smallest absolute Gasteiger partial charge is 0.257 e. The normalized spacial score (nSPS) is 25.2. The molecule has 0 N–H and O–H groups in total. The van der Waals surface area contributed by atoms with E-state index in [9.17, 15) is 23.2 Å². The molecule has 0 radical (unpaired) electrons. The Morgan fingerprint density at radius 2 is 1.72 bits per heavy atom. The van der Waals surface area contributed by atoms with Gasteiger partial charge in [0.05, 0.1) is 6.04 Å². The molecule has 4 heterocycles. The van der Waals surface area contributed by atoms with Gasteiger partial charge in [-0.3, -0.25) is 14.4 Å². The molecule has 2 aromatic carbocycles. The number of hydrogen-bond acceptors (Lipinski definition) is 4. The molecule has 0 bridgehead atoms. The predicted octanol–water partition coefficient (Wildman–Crippen LogP) is 3.79. The van der Waals surface area contributed by atoms with Crippen molar-refractivity contribution in [2.24, 2.45) is 0 Å². The lowest BCUT2D eigenvalue weighted by atomic mass is 9.89. The van der Waals surface area contributed by atoms with E-state index in [2.05, 4.69) is 0 Å². The van der Waals surface area contributed by atoms with E-state index in [0.29, 0.717) is 62.9 Å². The third-order valence-corrected chi connectivity index (χ3v) is 7.93. The number of hydrogen-bond donors (Lipinski definition) is 0. The highest BCUT2D eigenvalue weighted by Gasteiger charge is 2.58. The Morgan fingerprint density at radius 1 is 0.972 bits per heavy atom. The number of fused-ring (bicyclic) bond motifs is 1. The summed E-state index contributed by atoms with van der Waals surface area (Å²) in [6.07, 6.45) is 2.81. The molecule has 4 fully saturated rings. The molecule has 0 saturated carbocycles. The van der Waals surface area contributed by atoms with Gasteiger partial charge in [0.25, 0.3) is 11.8 Å². The lowest BCUT2D eigenvalue weighted by Crippen LogP contribution is -2.51. The molecule has 0 aliphatic carbocycles. The fourth-order valence-electron chi connectivity index (χ4n) is 6.12. The number of anilines is 1. The van der Waals surface area contributed by atoms with Gasteiger partial charge in [-0.2, -0.15) is 0 Å². The maximum absolute atomic E-state index is 13.8. The molecule has 188 valence electrons. The van der Waals surface area contributed by atoms with E-state index in [1.165, 1.54) is 12.1 Å². The van der Waals surface area contributed by atoms with E-state index in [4.69, 9.17) is 4.74 Å². The molecule has 36 heavy (non-hydrogen) atoms. The van der Waals surface area contributed by atoms with Gasteiger partial charge in [0.1, 0.15) is 17.9 Å². The summed E-state index contributed by atoms with van der Waals surface area (Å²) in [4.78, 5) is 44.0. The molecule has 6 rings (SSSR count). The number of carbonyl (C=O) groups is 3. The van der Waals surface area contributed by atoms with Crippen LogP contribution in [0.3, 0.4) is 0 Å². The molecule has 0 aromatic heterocycles. The van der Waals surface area contributed by atoms with Gasteiger partial charge in [0.2, 0.25) is 5.91 Å². The van der Waals surface area contributed by atoms with Crippen LogP contribution in [0.4, 0.5) is 14.5 Å². The van der Waals surface area contributed by atoms with Crippen molar-refractivity contribution in [3.8, 4) is 0 Å². The number of nitrogens with zero attached hydrogens (tertiary/aromatic N) is 3. The first-order valence-corrected chi connectivity index (χ1v) is 12.5. The van der Waals surface area contributed by atoms with E-state index in [0.717, 1.165) is 18.2 Å². The van der Waals surface area contributed by atoms with Crippen LogP contribution >= 0.6 is 0 Å². The van der Waals surface area contributed by atoms with Gasteiger partial charge in [0.15, 0.2) is 5.60 Å². The minimum Gasteiger partial charge on any atom is -0.342 e. The number of likely N-dealkylation sites (tertiary alicyclic amines) is 1. The third kappa shape index (κ3) is 3.77. The Bertz CT molecular complexity index is 1220. The van der Waals surface area contributed by atoms with Crippen molar-refractivity contribution in [2.75, 3.05) is 24.5 Å². The van der Waals surface area contributed by atoms with Crippen molar-refractivity contribution in [1.29, 1.82) is 0 Å². The van der Waals surface area contributed by atoms with Crippen LogP contribution < -0.4 is 4.90 Å². The number of benzene rings is 2. The van der Waals surface area contributed by atoms with Crippen molar-refractivity contribution >= 4 is 23.4 Å². The second kappa shape index (κ2) is 8.65. The third-order valence-electron chi connectivity index (χ3n) is 7.93. The molecule has 2 atom stereocenters. The van der Waals surface area contributed by atoms with E-state index >= 15 is 0 Å². The Labute approximate surface area is 207 Å². The zero-order valence-electron chi connectivity index (χ0n) is 19.8. The molecule has 4 saturated heterocycles. The molecule has 3 amide bonds. The monoisotopic (exact) mass is 495 g/mol. The summed E-state index contributed by atoms with van der Waals surface area (Å²) in [6, 6.07) is 10.1. The number of carbonyl (C=O) groups excluding carboxylic acids is 3. The second-order valence-electron chi connectivity index (χ2n) is 10.1. The average molecular weight is 496 g/mol. The van der Waals surface area contributed by atoms with Gasteiger partial charge in [-0.25, -0.2) is 8.78 Å². The minimum atomic E-state index is -1.02. The minimum absolute atomic E-state index is 0.0660. The van der Waals surface area contributed by atoms with Crippen LogP contribution in [0.25, 0.3) is 0 Å². The molecular weight excluding hydrogens is 468 g/mol. The first kappa shape index (κ1) is 23.1. The van der Waals surface area contributed by atoms with Gasteiger partial charge in [-0.15, -0.1) is 0 Å². The summed E-state index contributed by atoms with van der Waals surface area (Å²) in [5.41, 5.74) is 0.658. The summed E-state index contributed by atoms with van der Waals surface area (Å²) < 4.78 is 33.9. The van der Waals surface area contributed by atoms with E-state index < -0.39 is 29.5 Å². The zero-order valence-corrected chi connectivity index (χ0v) is 19.8. The lowest BCUT2D eigenvalue weighted by molar-refractivity contribution is -0.142. The molecule has 4 aliphatic rings. The molecular formula is C27H27F2N3O4. The molecule has 1 spiro atoms. The number of halogens is 2. The molecule has 4 aliphatic heterocycles. The van der Waals surface area contributed by atoms with Gasteiger partial charge >= 0.3 is 0 Å². The lowest BCUT2D eigenvalue weighted by Gasteiger charge is -2.37. The summed E-state index contributed by atoms with van der Waals surface area (Å²) in [7, 11) is 0. The standard InChI is InChI=1S/C27H27F2N3O4/c28-19-13-18(14-20(29)16-19)22-6-7-24-32(22)26(35)27(36-24)8-11-30(12-9-27)25(34)17-3-1-4-21(15-17)31-10-2-5-23(31)33/h1,3-4,13-16,22,24H,2,5-12H2/t22-,24+/m0/s1. The van der Waals surface area contributed by atoms with Crippen molar-refractivity contribution < 1.29 is 27.9 Å². The number of amides is 3. The Balaban J connectivity index is 1.15. The Morgan fingerprint density at radius 3 is 2.42 bits per heavy atom. The van der Waals surface area contributed by atoms with Crippen LogP contribution in [0.2, 0.25) is 0 Å². The van der Waals surface area contributed by atoms with Crippen molar-refractivity contribution in [1.82, 2.24) is 9.80 Å². The SMILES string of the molecule is O=C(c1cccc(N2CCCC2=O)c1)N1CCC2(CC1)O[C@@H]1CC[C@@H](c3cc(F)cc(F)c3)N1C2=O. The fourth-order valence-corrected chi connectivity index (χ4v) is 6.12. The number of rotatable bonds is 3. The zero-order chi connectivity index (χ0) is 25.0. The molecule has 7 nitrogen and oxygen atoms in total. The Hall–Kier alpha value is -3.33. The maximum atomic E-state index is 13.8. The first-order chi connectivity index (χ1) is 17.3.